The van der Waals surface area contributed by atoms with Crippen LogP contribution in [0.4, 0.5) is 0 Å². The van der Waals surface area contributed by atoms with Crippen molar-refractivity contribution in [1.29, 1.82) is 0 Å². The maximum Gasteiger partial charge on any atom is 0.251 e. The van der Waals surface area contributed by atoms with Crippen LogP contribution in [0, 0.1) is 0 Å². The number of hydrogen-bond donors (Lipinski definition) is 4. The molecular weight excluding hydrogens is 446 g/mol. The van der Waals surface area contributed by atoms with Crippen LogP contribution in [0.15, 0.2) is 79.0 Å². The largest absolute Gasteiger partial charge is 0.508 e. The quantitative estimate of drug-likeness (QED) is 0.223. The fourth-order valence-corrected chi connectivity index (χ4v) is 4.11. The third-order valence-electron chi connectivity index (χ3n) is 5.66. The van der Waals surface area contributed by atoms with E-state index in [-0.39, 0.29) is 11.7 Å². The van der Waals surface area contributed by atoms with Crippen molar-refractivity contribution in [2.75, 3.05) is 13.1 Å². The van der Waals surface area contributed by atoms with E-state index in [4.69, 9.17) is 11.6 Å². The molecule has 6 heteroatoms. The first-order chi connectivity index (χ1) is 16.6. The van der Waals surface area contributed by atoms with Crippen LogP contribution in [0.1, 0.15) is 33.5 Å². The number of halogens is 1. The van der Waals surface area contributed by atoms with Gasteiger partial charge < -0.3 is 20.7 Å². The second-order valence-corrected chi connectivity index (χ2v) is 8.57. The van der Waals surface area contributed by atoms with Gasteiger partial charge in [-0.15, -0.1) is 0 Å². The van der Waals surface area contributed by atoms with Gasteiger partial charge in [0.2, 0.25) is 0 Å². The Hall–Kier alpha value is -3.54. The average Bonchev–Trinajstić information content (AvgIpc) is 3.23. The zero-order chi connectivity index (χ0) is 23.8. The number of carbonyl (C=O) groups excluding carboxylic acids is 1. The number of hydrogen-bond acceptors (Lipinski definition) is 3. The van der Waals surface area contributed by atoms with Gasteiger partial charge in [-0.2, -0.15) is 0 Å². The molecule has 1 heterocycles. The molecule has 0 saturated carbocycles. The van der Waals surface area contributed by atoms with E-state index in [1.807, 2.05) is 72.9 Å². The highest BCUT2D eigenvalue weighted by Crippen LogP contribution is 2.23. The van der Waals surface area contributed by atoms with E-state index in [9.17, 15) is 9.90 Å². The number of amides is 1. The summed E-state index contributed by atoms with van der Waals surface area (Å²) < 4.78 is 0. The molecule has 0 radical (unpaired) electrons. The molecule has 5 nitrogen and oxygen atoms in total. The number of carbonyl (C=O) groups is 1. The fraction of sp³-hybridized carbons (Fsp3) is 0.179. The maximum atomic E-state index is 12.7. The molecule has 1 amide bonds. The van der Waals surface area contributed by atoms with Crippen LogP contribution in [-0.2, 0) is 13.0 Å². The van der Waals surface area contributed by atoms with Gasteiger partial charge in [-0.3, -0.25) is 4.79 Å². The molecule has 0 bridgehead atoms. The van der Waals surface area contributed by atoms with E-state index >= 15 is 0 Å². The van der Waals surface area contributed by atoms with Crippen LogP contribution < -0.4 is 10.6 Å². The Morgan fingerprint density at radius 2 is 1.88 bits per heavy atom. The highest BCUT2D eigenvalue weighted by molar-refractivity contribution is 6.30. The summed E-state index contributed by atoms with van der Waals surface area (Å²) in [6, 6.07) is 20.7. The van der Waals surface area contributed by atoms with Crippen molar-refractivity contribution in [3.8, 4) is 5.75 Å². The number of aromatic nitrogens is 1. The highest BCUT2D eigenvalue weighted by atomic mass is 35.5. The first-order valence-corrected chi connectivity index (χ1v) is 11.8. The maximum absolute atomic E-state index is 12.7. The number of rotatable bonds is 10. The van der Waals surface area contributed by atoms with Crippen LogP contribution in [0.3, 0.4) is 0 Å². The van der Waals surface area contributed by atoms with Crippen LogP contribution >= 0.6 is 11.6 Å². The zero-order valence-corrected chi connectivity index (χ0v) is 19.6. The lowest BCUT2D eigenvalue weighted by Gasteiger charge is -2.11. The van der Waals surface area contributed by atoms with Gasteiger partial charge in [0.15, 0.2) is 0 Å². The van der Waals surface area contributed by atoms with Gasteiger partial charge in [0.1, 0.15) is 5.75 Å². The van der Waals surface area contributed by atoms with Crippen molar-refractivity contribution in [2.24, 2.45) is 0 Å². The van der Waals surface area contributed by atoms with Crippen LogP contribution in [0.25, 0.3) is 17.0 Å². The van der Waals surface area contributed by atoms with Crippen molar-refractivity contribution < 1.29 is 9.90 Å². The molecule has 4 aromatic rings. The topological polar surface area (TPSA) is 77.2 Å². The predicted molar refractivity (Wildman–Crippen MR) is 139 cm³/mol. The molecule has 1 aromatic heterocycles. The van der Waals surface area contributed by atoms with E-state index in [2.05, 4.69) is 15.6 Å². The average molecular weight is 474 g/mol. The molecule has 3 aromatic carbocycles. The SMILES string of the molecule is O=C(NCCC=Cc1cccc(Cl)c1)c1ccccc1CNCCc1c[nH]c2ccc(O)cc12. The normalized spacial score (nSPS) is 11.3. The molecule has 4 N–H and O–H groups in total. The number of benzene rings is 3. The van der Waals surface area contributed by atoms with E-state index < -0.39 is 0 Å². The number of H-pyrrole nitrogens is 1. The Morgan fingerprint density at radius 3 is 2.76 bits per heavy atom. The number of phenols is 1. The van der Waals surface area contributed by atoms with Crippen molar-refractivity contribution >= 4 is 34.5 Å². The Kier molecular flexibility index (Phi) is 8.02. The summed E-state index contributed by atoms with van der Waals surface area (Å²) >= 11 is 6.00. The standard InChI is InChI=1S/C28H28ClN3O2/c29-23-9-5-7-20(16-23)6-3-4-14-31-28(34)25-10-2-1-8-21(25)18-30-15-13-22-19-32-27-12-11-24(33)17-26(22)27/h1-3,5-12,16-17,19,30,32-33H,4,13-15,18H2,(H,31,34). The number of fused-ring (bicyclic) bond motifs is 1. The fourth-order valence-electron chi connectivity index (χ4n) is 3.91. The van der Waals surface area contributed by atoms with Gasteiger partial charge in [-0.05, 0) is 72.5 Å². The van der Waals surface area contributed by atoms with Crippen molar-refractivity contribution in [1.82, 2.24) is 15.6 Å². The summed E-state index contributed by atoms with van der Waals surface area (Å²) in [5, 5.41) is 17.9. The summed E-state index contributed by atoms with van der Waals surface area (Å²) in [6.45, 7) is 1.92. The molecule has 34 heavy (non-hydrogen) atoms. The molecule has 0 aliphatic carbocycles. The van der Waals surface area contributed by atoms with E-state index in [0.29, 0.717) is 23.7 Å². The summed E-state index contributed by atoms with van der Waals surface area (Å²) in [7, 11) is 0. The van der Waals surface area contributed by atoms with E-state index in [1.165, 1.54) is 0 Å². The Balaban J connectivity index is 1.25. The first kappa shape index (κ1) is 23.6. The highest BCUT2D eigenvalue weighted by Gasteiger charge is 2.10. The number of phenolic OH excluding ortho intramolecular Hbond substituents is 1. The molecule has 0 unspecified atom stereocenters. The second-order valence-electron chi connectivity index (χ2n) is 8.13. The van der Waals surface area contributed by atoms with E-state index in [1.54, 1.807) is 12.1 Å². The van der Waals surface area contributed by atoms with Crippen molar-refractivity contribution in [3.63, 3.8) is 0 Å². The molecule has 0 saturated heterocycles. The smallest absolute Gasteiger partial charge is 0.251 e. The number of nitrogens with one attached hydrogen (secondary N) is 3. The minimum Gasteiger partial charge on any atom is -0.508 e. The van der Waals surface area contributed by atoms with E-state index in [0.717, 1.165) is 47.0 Å². The third kappa shape index (κ3) is 6.28. The first-order valence-electron chi connectivity index (χ1n) is 11.4. The Bertz CT molecular complexity index is 1300. The Labute approximate surface area is 204 Å². The minimum absolute atomic E-state index is 0.0688. The summed E-state index contributed by atoms with van der Waals surface area (Å²) in [6.07, 6.45) is 7.57. The van der Waals surface area contributed by atoms with Gasteiger partial charge in [0.05, 0.1) is 0 Å². The molecule has 174 valence electrons. The predicted octanol–water partition coefficient (Wildman–Crippen LogP) is 5.69. The van der Waals surface area contributed by atoms with Gasteiger partial charge in [-0.25, -0.2) is 0 Å². The van der Waals surface area contributed by atoms with Gasteiger partial charge in [-0.1, -0.05) is 54.1 Å². The lowest BCUT2D eigenvalue weighted by Crippen LogP contribution is -2.26. The molecule has 0 spiro atoms. The minimum atomic E-state index is -0.0688. The van der Waals surface area contributed by atoms with Gasteiger partial charge >= 0.3 is 0 Å². The summed E-state index contributed by atoms with van der Waals surface area (Å²) in [4.78, 5) is 16.0. The lowest BCUT2D eigenvalue weighted by atomic mass is 10.1. The van der Waals surface area contributed by atoms with Crippen molar-refractivity contribution in [2.45, 2.75) is 19.4 Å². The molecule has 4 rings (SSSR count). The molecule has 0 fully saturated rings. The number of aromatic hydroxyl groups is 1. The molecule has 0 aliphatic rings. The number of aromatic amines is 1. The van der Waals surface area contributed by atoms with Crippen molar-refractivity contribution in [3.05, 3.63) is 106 Å². The zero-order valence-electron chi connectivity index (χ0n) is 18.9. The summed E-state index contributed by atoms with van der Waals surface area (Å²) in [5.74, 6) is 0.196. The van der Waals surface area contributed by atoms with Crippen LogP contribution in [-0.4, -0.2) is 29.1 Å². The van der Waals surface area contributed by atoms with Crippen LogP contribution in [0.2, 0.25) is 5.02 Å². The third-order valence-corrected chi connectivity index (χ3v) is 5.89. The van der Waals surface area contributed by atoms with Gasteiger partial charge in [0.25, 0.3) is 5.91 Å². The lowest BCUT2D eigenvalue weighted by molar-refractivity contribution is 0.0953. The molecule has 0 atom stereocenters. The summed E-state index contributed by atoms with van der Waals surface area (Å²) in [5.41, 5.74) is 4.85. The van der Waals surface area contributed by atoms with Gasteiger partial charge in [0, 0.05) is 40.8 Å². The Morgan fingerprint density at radius 1 is 1.00 bits per heavy atom. The van der Waals surface area contributed by atoms with Crippen LogP contribution in [0.5, 0.6) is 5.75 Å². The molecular formula is C28H28ClN3O2. The molecule has 0 aliphatic heterocycles. The second kappa shape index (κ2) is 11.5. The monoisotopic (exact) mass is 473 g/mol.